The molecule has 11 rings (SSSR count). The van der Waals surface area contributed by atoms with Gasteiger partial charge in [0.2, 0.25) is 0 Å². The lowest BCUT2D eigenvalue weighted by atomic mass is 9.76. The summed E-state index contributed by atoms with van der Waals surface area (Å²) in [5, 5.41) is 36.9. The molecule has 1 aliphatic heterocycles. The third-order valence-corrected chi connectivity index (χ3v) is 15.6. The molecule has 1 heterocycles. The fourth-order valence-electron chi connectivity index (χ4n) is 9.99. The topological polar surface area (TPSA) is 152 Å². The monoisotopic (exact) mass is 1060 g/mol. The van der Waals surface area contributed by atoms with Gasteiger partial charge in [-0.25, -0.2) is 0 Å². The molecule has 1 fully saturated rings. The predicted octanol–water partition coefficient (Wildman–Crippen LogP) is 7.43. The Hall–Kier alpha value is -4.99. The number of carbonyl (C=O) groups excluding carboxylic acids is 2. The number of fused-ring (bicyclic) bond motifs is 4. The van der Waals surface area contributed by atoms with Crippen LogP contribution in [0.3, 0.4) is 0 Å². The molecule has 14 heteroatoms. The number of benzene rings is 6. The average Bonchev–Trinajstić information content (AvgIpc) is 3.63. The zero-order valence-electron chi connectivity index (χ0n) is 43.1. The zero-order chi connectivity index (χ0) is 52.4. The standard InChI is InChI=1S/2C17H19BO3.C16H21BO3.C10H9BrO/c2*19-18(20)16-8-6-15-11-17(9-7-14(15)10-16)21-12-13-4-2-1-3-5-13;1-15(2)16(3,4)20-17(19-15)13-7-5-12-10-14(18)8-6-11(12)9-13;11-9-3-1-8-6-10(12)4-2-7(8)5-9/h2*1-6,8,10,17,19-20H,7,9,11-12H2;5,7,9H,6,8,10H2,1-4H3;1,3,5H,2,4,6H2. The molecule has 74 heavy (non-hydrogen) atoms. The Bertz CT molecular complexity index is 2730. The lowest BCUT2D eigenvalue weighted by molar-refractivity contribution is -0.119. The number of carbonyl (C=O) groups is 2. The molecule has 6 aromatic rings. The Kier molecular flexibility index (Phi) is 18.8. The SMILES string of the molecule is CC1(C)OB(c2ccc3c(c2)CCC(=O)C3)OC1(C)C.O=C1CCc2cc(Br)ccc2C1.OB(O)c1ccc2c(c1)CCC(OCc1ccccc1)C2.OB(O)c1ccc2c(c1)CCC(OCc1ccccc1)C2. The van der Waals surface area contributed by atoms with Crippen LogP contribution in [0, 0.1) is 0 Å². The van der Waals surface area contributed by atoms with Crippen molar-refractivity contribution >= 4 is 65.2 Å². The summed E-state index contributed by atoms with van der Waals surface area (Å²) < 4.78 is 25.3. The maximum absolute atomic E-state index is 11.5. The molecule has 1 saturated heterocycles. The average molecular weight is 1060 g/mol. The first-order valence-corrected chi connectivity index (χ1v) is 26.8. The molecule has 0 saturated carbocycles. The molecule has 4 aliphatic carbocycles. The van der Waals surface area contributed by atoms with Crippen molar-refractivity contribution in [2.24, 2.45) is 0 Å². The smallest absolute Gasteiger partial charge is 0.423 e. The van der Waals surface area contributed by atoms with Crippen molar-refractivity contribution in [3.63, 3.8) is 0 Å². The Balaban J connectivity index is 0.000000134. The van der Waals surface area contributed by atoms with Crippen LogP contribution in [0.4, 0.5) is 0 Å². The lowest BCUT2D eigenvalue weighted by Crippen LogP contribution is -2.41. The van der Waals surface area contributed by atoms with Gasteiger partial charge < -0.3 is 38.9 Å². The summed E-state index contributed by atoms with van der Waals surface area (Å²) in [4.78, 5) is 22.6. The largest absolute Gasteiger partial charge is 0.494 e. The van der Waals surface area contributed by atoms with Gasteiger partial charge in [-0.1, -0.05) is 137 Å². The van der Waals surface area contributed by atoms with Gasteiger partial charge in [0.15, 0.2) is 0 Å². The number of hydrogen-bond donors (Lipinski definition) is 4. The van der Waals surface area contributed by atoms with Crippen molar-refractivity contribution in [2.45, 2.75) is 141 Å². The number of rotatable bonds is 9. The number of hydrogen-bond acceptors (Lipinski definition) is 10. The van der Waals surface area contributed by atoms with Crippen molar-refractivity contribution in [3.8, 4) is 0 Å². The van der Waals surface area contributed by atoms with Crippen molar-refractivity contribution < 1.29 is 48.5 Å². The van der Waals surface area contributed by atoms with E-state index >= 15 is 0 Å². The van der Waals surface area contributed by atoms with Crippen LogP contribution in [-0.4, -0.2) is 76.4 Å². The molecule has 384 valence electrons. The molecule has 0 amide bonds. The van der Waals surface area contributed by atoms with Gasteiger partial charge in [-0.3, -0.25) is 9.59 Å². The Morgan fingerprint density at radius 3 is 1.39 bits per heavy atom. The highest BCUT2D eigenvalue weighted by Gasteiger charge is 2.51. The summed E-state index contributed by atoms with van der Waals surface area (Å²) >= 11 is 3.42. The van der Waals surface area contributed by atoms with Gasteiger partial charge in [-0.05, 0) is 163 Å². The van der Waals surface area contributed by atoms with E-state index in [0.29, 0.717) is 61.4 Å². The quantitative estimate of drug-likeness (QED) is 0.108. The normalized spacial score (nSPS) is 18.9. The van der Waals surface area contributed by atoms with E-state index < -0.39 is 14.2 Å². The summed E-state index contributed by atoms with van der Waals surface area (Å²) in [5.41, 5.74) is 13.8. The summed E-state index contributed by atoms with van der Waals surface area (Å²) in [7, 11) is -3.09. The molecule has 0 bridgehead atoms. The van der Waals surface area contributed by atoms with E-state index in [1.165, 1.54) is 50.1 Å². The van der Waals surface area contributed by atoms with E-state index in [2.05, 4.69) is 80.0 Å². The van der Waals surface area contributed by atoms with E-state index in [-0.39, 0.29) is 30.5 Å². The first-order valence-electron chi connectivity index (χ1n) is 26.0. The third kappa shape index (κ3) is 14.9. The van der Waals surface area contributed by atoms with E-state index in [9.17, 15) is 29.7 Å². The first kappa shape index (κ1) is 55.3. The molecular formula is C60H68B3BrO10. The fourth-order valence-corrected chi connectivity index (χ4v) is 10.4. The van der Waals surface area contributed by atoms with Crippen LogP contribution in [0.25, 0.3) is 0 Å². The molecule has 2 unspecified atom stereocenters. The minimum Gasteiger partial charge on any atom is -0.423 e. The minimum absolute atomic E-state index is 0.239. The van der Waals surface area contributed by atoms with Crippen molar-refractivity contribution in [2.75, 3.05) is 0 Å². The predicted molar refractivity (Wildman–Crippen MR) is 297 cm³/mol. The summed E-state index contributed by atoms with van der Waals surface area (Å²) in [6, 6.07) is 44.1. The molecule has 4 N–H and O–H groups in total. The molecule has 6 aromatic carbocycles. The maximum atomic E-state index is 11.5. The number of aryl methyl sites for hydroxylation is 4. The van der Waals surface area contributed by atoms with Gasteiger partial charge in [-0.15, -0.1) is 0 Å². The molecule has 2 atom stereocenters. The Morgan fingerprint density at radius 1 is 0.514 bits per heavy atom. The molecule has 5 aliphatic rings. The van der Waals surface area contributed by atoms with Crippen molar-refractivity contribution in [1.29, 1.82) is 0 Å². The van der Waals surface area contributed by atoms with Gasteiger partial charge in [0, 0.05) is 30.2 Å². The van der Waals surface area contributed by atoms with Crippen LogP contribution >= 0.6 is 15.9 Å². The van der Waals surface area contributed by atoms with Crippen LogP contribution in [0.5, 0.6) is 0 Å². The zero-order valence-corrected chi connectivity index (χ0v) is 44.7. The summed E-state index contributed by atoms with van der Waals surface area (Å²) in [6.07, 6.45) is 10.4. The molecule has 0 radical (unpaired) electrons. The Morgan fingerprint density at radius 2 is 0.932 bits per heavy atom. The number of ether oxygens (including phenoxy) is 2. The molecule has 0 spiro atoms. The van der Waals surface area contributed by atoms with E-state index in [4.69, 9.17) is 18.8 Å². The summed E-state index contributed by atoms with van der Waals surface area (Å²) in [5.74, 6) is 0.700. The van der Waals surface area contributed by atoms with Gasteiger partial charge in [0.05, 0.1) is 36.6 Å². The van der Waals surface area contributed by atoms with Crippen LogP contribution < -0.4 is 16.4 Å². The lowest BCUT2D eigenvalue weighted by Gasteiger charge is -2.32. The second-order valence-electron chi connectivity index (χ2n) is 21.1. The van der Waals surface area contributed by atoms with Crippen molar-refractivity contribution in [1.82, 2.24) is 0 Å². The highest BCUT2D eigenvalue weighted by molar-refractivity contribution is 9.10. The van der Waals surface area contributed by atoms with E-state index in [1.807, 2.05) is 84.9 Å². The number of ketones is 2. The fraction of sp³-hybridized carbons (Fsp3) is 0.367. The second kappa shape index (κ2) is 25.2. The van der Waals surface area contributed by atoms with Gasteiger partial charge in [0.25, 0.3) is 0 Å². The first-order chi connectivity index (χ1) is 35.5. The van der Waals surface area contributed by atoms with Crippen LogP contribution in [0.15, 0.2) is 138 Å². The molecule has 10 nitrogen and oxygen atoms in total. The van der Waals surface area contributed by atoms with Gasteiger partial charge in [0.1, 0.15) is 11.6 Å². The number of Topliss-reactive ketones (excluding diaryl/α,β-unsaturated/α-hetero) is 2. The van der Waals surface area contributed by atoms with E-state index in [0.717, 1.165) is 66.9 Å². The second-order valence-corrected chi connectivity index (χ2v) is 22.0. The highest BCUT2D eigenvalue weighted by atomic mass is 79.9. The molecule has 0 aromatic heterocycles. The minimum atomic E-state index is -1.39. The molecular weight excluding hydrogens is 993 g/mol. The van der Waals surface area contributed by atoms with Gasteiger partial charge >= 0.3 is 21.4 Å². The third-order valence-electron chi connectivity index (χ3n) is 15.1. The highest BCUT2D eigenvalue weighted by Crippen LogP contribution is 2.37. The van der Waals surface area contributed by atoms with Crippen LogP contribution in [-0.2, 0) is 93.0 Å². The van der Waals surface area contributed by atoms with Gasteiger partial charge in [-0.2, -0.15) is 0 Å². The van der Waals surface area contributed by atoms with Crippen LogP contribution in [0.1, 0.15) is 109 Å². The number of halogens is 1. The van der Waals surface area contributed by atoms with Crippen molar-refractivity contribution in [3.05, 3.63) is 194 Å². The van der Waals surface area contributed by atoms with Crippen LogP contribution in [0.2, 0.25) is 0 Å². The van der Waals surface area contributed by atoms with E-state index in [1.54, 1.807) is 12.1 Å². The summed E-state index contributed by atoms with van der Waals surface area (Å²) in [6.45, 7) is 9.53. The Labute approximate surface area is 446 Å². The maximum Gasteiger partial charge on any atom is 0.494 e.